The molecule has 3 N–H and O–H groups in total. The van der Waals surface area contributed by atoms with Gasteiger partial charge in [-0.2, -0.15) is 13.2 Å². The van der Waals surface area contributed by atoms with Crippen molar-refractivity contribution >= 4 is 16.7 Å². The SMILES string of the molecule is Cc1nc(N[C@@H](C)c2cccc(C(F)(F)F)c2)c2cn(C3(CCN)CCCCC3)c(=O)cc2n1. The summed E-state index contributed by atoms with van der Waals surface area (Å²) in [4.78, 5) is 22.1. The maximum atomic E-state index is 13.2. The highest BCUT2D eigenvalue weighted by molar-refractivity contribution is 5.88. The molecule has 2 aromatic heterocycles. The Hall–Kier alpha value is -2.94. The summed E-state index contributed by atoms with van der Waals surface area (Å²) in [6, 6.07) is 6.32. The van der Waals surface area contributed by atoms with Gasteiger partial charge in [-0.05, 0) is 57.4 Å². The van der Waals surface area contributed by atoms with Crippen molar-refractivity contribution in [2.24, 2.45) is 5.73 Å². The van der Waals surface area contributed by atoms with Crippen LogP contribution in [0.25, 0.3) is 10.9 Å². The average molecular weight is 474 g/mol. The average Bonchev–Trinajstić information content (AvgIpc) is 2.78. The summed E-state index contributed by atoms with van der Waals surface area (Å²) in [7, 11) is 0. The number of aromatic nitrogens is 3. The molecule has 0 amide bonds. The van der Waals surface area contributed by atoms with Crippen LogP contribution in [0.15, 0.2) is 41.3 Å². The molecule has 1 atom stereocenters. The maximum absolute atomic E-state index is 13.2. The van der Waals surface area contributed by atoms with E-state index < -0.39 is 17.8 Å². The number of alkyl halides is 3. The van der Waals surface area contributed by atoms with Crippen molar-refractivity contribution in [2.75, 3.05) is 11.9 Å². The molecule has 6 nitrogen and oxygen atoms in total. The van der Waals surface area contributed by atoms with Gasteiger partial charge >= 0.3 is 6.18 Å². The van der Waals surface area contributed by atoms with E-state index in [-0.39, 0.29) is 11.1 Å². The molecule has 0 bridgehead atoms. The molecule has 4 rings (SSSR count). The highest BCUT2D eigenvalue weighted by Crippen LogP contribution is 2.38. The molecule has 9 heteroatoms. The number of nitrogens with two attached hydrogens (primary N) is 1. The van der Waals surface area contributed by atoms with Gasteiger partial charge in [0.1, 0.15) is 11.6 Å². The van der Waals surface area contributed by atoms with E-state index >= 15 is 0 Å². The molecule has 34 heavy (non-hydrogen) atoms. The fraction of sp³-hybridized carbons (Fsp3) is 0.480. The van der Waals surface area contributed by atoms with Crippen molar-refractivity contribution in [1.82, 2.24) is 14.5 Å². The van der Waals surface area contributed by atoms with Gasteiger partial charge in [0, 0.05) is 23.8 Å². The molecule has 1 fully saturated rings. The predicted molar refractivity (Wildman–Crippen MR) is 127 cm³/mol. The van der Waals surface area contributed by atoms with Gasteiger partial charge in [-0.25, -0.2) is 9.97 Å². The fourth-order valence-electron chi connectivity index (χ4n) is 5.06. The van der Waals surface area contributed by atoms with Crippen LogP contribution in [-0.2, 0) is 11.7 Å². The van der Waals surface area contributed by atoms with Gasteiger partial charge in [0.15, 0.2) is 0 Å². The van der Waals surface area contributed by atoms with Crippen LogP contribution in [0.1, 0.15) is 68.4 Å². The van der Waals surface area contributed by atoms with E-state index in [1.807, 2.05) is 0 Å². The minimum absolute atomic E-state index is 0.127. The number of anilines is 1. The Morgan fingerprint density at radius 2 is 1.91 bits per heavy atom. The van der Waals surface area contributed by atoms with E-state index in [1.165, 1.54) is 12.1 Å². The van der Waals surface area contributed by atoms with Gasteiger partial charge in [0.05, 0.1) is 16.5 Å². The van der Waals surface area contributed by atoms with Crippen LogP contribution in [0.2, 0.25) is 0 Å². The molecule has 1 aliphatic rings. The Morgan fingerprint density at radius 3 is 2.59 bits per heavy atom. The second kappa shape index (κ2) is 9.37. The number of halogens is 3. The van der Waals surface area contributed by atoms with E-state index in [0.717, 1.165) is 44.2 Å². The number of nitrogens with one attached hydrogen (secondary N) is 1. The number of benzene rings is 1. The summed E-state index contributed by atoms with van der Waals surface area (Å²) in [6.07, 6.45) is 3.06. The topological polar surface area (TPSA) is 85.8 Å². The Kier molecular flexibility index (Phi) is 6.66. The van der Waals surface area contributed by atoms with Gasteiger partial charge in [0.25, 0.3) is 5.56 Å². The summed E-state index contributed by atoms with van der Waals surface area (Å²) in [5, 5.41) is 3.91. The third kappa shape index (κ3) is 4.80. The Balaban J connectivity index is 1.77. The molecule has 0 aliphatic heterocycles. The largest absolute Gasteiger partial charge is 0.416 e. The van der Waals surface area contributed by atoms with Crippen LogP contribution in [0.4, 0.5) is 19.0 Å². The Labute approximate surface area is 196 Å². The lowest BCUT2D eigenvalue weighted by molar-refractivity contribution is -0.137. The second-order valence-electron chi connectivity index (χ2n) is 9.21. The number of nitrogens with zero attached hydrogens (tertiary/aromatic N) is 3. The van der Waals surface area contributed by atoms with Crippen molar-refractivity contribution in [3.05, 3.63) is 63.8 Å². The van der Waals surface area contributed by atoms with Crippen LogP contribution < -0.4 is 16.6 Å². The zero-order valence-electron chi connectivity index (χ0n) is 19.5. The van der Waals surface area contributed by atoms with Crippen molar-refractivity contribution in [3.8, 4) is 0 Å². The van der Waals surface area contributed by atoms with Crippen LogP contribution in [-0.4, -0.2) is 21.1 Å². The van der Waals surface area contributed by atoms with Gasteiger partial charge in [-0.1, -0.05) is 31.4 Å². The molecule has 0 spiro atoms. The zero-order chi connectivity index (χ0) is 24.5. The molecule has 182 valence electrons. The standard InChI is InChI=1S/C25H30F3N5O/c1-16(18-7-6-8-19(13-18)25(26,27)28)30-23-20-15-33(22(34)14-21(20)31-17(2)32-23)24(11-12-29)9-4-3-5-10-24/h6-8,13-16H,3-5,9-12,29H2,1-2H3,(H,30,31,32)/t16-/m0/s1. The highest BCUT2D eigenvalue weighted by atomic mass is 19.4. The van der Waals surface area contributed by atoms with Crippen molar-refractivity contribution < 1.29 is 13.2 Å². The van der Waals surface area contributed by atoms with E-state index in [9.17, 15) is 18.0 Å². The van der Waals surface area contributed by atoms with E-state index in [2.05, 4.69) is 15.3 Å². The lowest BCUT2D eigenvalue weighted by Crippen LogP contribution is -2.43. The van der Waals surface area contributed by atoms with Crippen LogP contribution >= 0.6 is 0 Å². The summed E-state index contributed by atoms with van der Waals surface area (Å²) >= 11 is 0. The lowest BCUT2D eigenvalue weighted by atomic mass is 9.79. The first-order valence-corrected chi connectivity index (χ1v) is 11.7. The lowest BCUT2D eigenvalue weighted by Gasteiger charge is -2.39. The molecule has 1 saturated carbocycles. The molecular formula is C25H30F3N5O. The third-order valence-electron chi connectivity index (χ3n) is 6.81. The van der Waals surface area contributed by atoms with Gasteiger partial charge < -0.3 is 15.6 Å². The molecule has 0 unspecified atom stereocenters. The minimum atomic E-state index is -4.42. The van der Waals surface area contributed by atoms with Crippen molar-refractivity contribution in [1.29, 1.82) is 0 Å². The number of rotatable bonds is 6. The van der Waals surface area contributed by atoms with Gasteiger partial charge in [-0.3, -0.25) is 4.79 Å². The van der Waals surface area contributed by atoms with Crippen LogP contribution in [0.5, 0.6) is 0 Å². The third-order valence-corrected chi connectivity index (χ3v) is 6.81. The van der Waals surface area contributed by atoms with E-state index in [1.54, 1.807) is 30.7 Å². The van der Waals surface area contributed by atoms with Crippen LogP contribution in [0, 0.1) is 6.92 Å². The predicted octanol–water partition coefficient (Wildman–Crippen LogP) is 5.30. The molecule has 0 radical (unpaired) electrons. The first kappa shape index (κ1) is 24.2. The van der Waals surface area contributed by atoms with Gasteiger partial charge in [-0.15, -0.1) is 0 Å². The first-order chi connectivity index (χ1) is 16.1. The Morgan fingerprint density at radius 1 is 1.18 bits per heavy atom. The summed E-state index contributed by atoms with van der Waals surface area (Å²) in [6.45, 7) is 3.99. The second-order valence-corrected chi connectivity index (χ2v) is 9.21. The van der Waals surface area contributed by atoms with E-state index in [4.69, 9.17) is 5.73 Å². The Bertz CT molecular complexity index is 1230. The minimum Gasteiger partial charge on any atom is -0.363 e. The van der Waals surface area contributed by atoms with Crippen molar-refractivity contribution in [3.63, 3.8) is 0 Å². The molecule has 2 heterocycles. The van der Waals surface area contributed by atoms with Crippen LogP contribution in [0.3, 0.4) is 0 Å². The number of fused-ring (bicyclic) bond motifs is 1. The van der Waals surface area contributed by atoms with Crippen molar-refractivity contribution in [2.45, 2.75) is 70.1 Å². The summed E-state index contributed by atoms with van der Waals surface area (Å²) in [5.74, 6) is 0.956. The summed E-state index contributed by atoms with van der Waals surface area (Å²) in [5.41, 5.74) is 5.76. The normalized spacial score (nSPS) is 17.0. The maximum Gasteiger partial charge on any atom is 0.416 e. The number of hydrogen-bond acceptors (Lipinski definition) is 5. The molecule has 1 aliphatic carbocycles. The molecule has 3 aromatic rings. The monoisotopic (exact) mass is 473 g/mol. The molecule has 0 saturated heterocycles. The summed E-state index contributed by atoms with van der Waals surface area (Å²) < 4.78 is 41.4. The zero-order valence-corrected chi connectivity index (χ0v) is 19.5. The van der Waals surface area contributed by atoms with E-state index in [0.29, 0.717) is 41.1 Å². The smallest absolute Gasteiger partial charge is 0.363 e. The first-order valence-electron chi connectivity index (χ1n) is 11.7. The number of hydrogen-bond donors (Lipinski definition) is 2. The number of aryl methyl sites for hydroxylation is 1. The molecule has 1 aromatic carbocycles. The quantitative estimate of drug-likeness (QED) is 0.507. The highest BCUT2D eigenvalue weighted by Gasteiger charge is 2.34. The fourth-order valence-corrected chi connectivity index (χ4v) is 5.06. The van der Waals surface area contributed by atoms with Gasteiger partial charge in [0.2, 0.25) is 0 Å². The number of pyridine rings is 1. The molecular weight excluding hydrogens is 443 g/mol.